The maximum absolute atomic E-state index is 6.10. The first-order chi connectivity index (χ1) is 7.02. The standard InChI is InChI=1S/C13H26N2/c1-12(2)7-4-8-13(12,10-14)15(3)9-11-5-6-11/h11H,4-10,14H2,1-3H3. The summed E-state index contributed by atoms with van der Waals surface area (Å²) in [6.45, 7) is 6.89. The van der Waals surface area contributed by atoms with Crippen LogP contribution in [-0.4, -0.2) is 30.6 Å². The second kappa shape index (κ2) is 3.74. The van der Waals surface area contributed by atoms with E-state index in [1.807, 2.05) is 0 Å². The van der Waals surface area contributed by atoms with Gasteiger partial charge in [0.1, 0.15) is 0 Å². The van der Waals surface area contributed by atoms with Crippen LogP contribution in [0.25, 0.3) is 0 Å². The van der Waals surface area contributed by atoms with E-state index >= 15 is 0 Å². The number of hydrogen-bond donors (Lipinski definition) is 1. The minimum atomic E-state index is 0.273. The number of nitrogens with two attached hydrogens (primary N) is 1. The van der Waals surface area contributed by atoms with Gasteiger partial charge in [-0.3, -0.25) is 4.90 Å². The fourth-order valence-electron chi connectivity index (χ4n) is 3.50. The van der Waals surface area contributed by atoms with Gasteiger partial charge in [-0.1, -0.05) is 20.3 Å². The number of hydrogen-bond acceptors (Lipinski definition) is 2. The van der Waals surface area contributed by atoms with E-state index in [2.05, 4.69) is 25.8 Å². The largest absolute Gasteiger partial charge is 0.329 e. The third-order valence-electron chi connectivity index (χ3n) is 4.95. The third-order valence-corrected chi connectivity index (χ3v) is 4.95. The summed E-state index contributed by atoms with van der Waals surface area (Å²) in [6.07, 6.45) is 6.84. The van der Waals surface area contributed by atoms with Crippen molar-refractivity contribution in [2.75, 3.05) is 20.1 Å². The molecule has 0 aliphatic heterocycles. The van der Waals surface area contributed by atoms with Crippen LogP contribution in [0.15, 0.2) is 0 Å². The van der Waals surface area contributed by atoms with E-state index in [1.54, 1.807) is 0 Å². The lowest BCUT2D eigenvalue weighted by Gasteiger charge is -2.48. The normalized spacial score (nSPS) is 35.0. The van der Waals surface area contributed by atoms with Crippen LogP contribution in [0.2, 0.25) is 0 Å². The summed E-state index contributed by atoms with van der Waals surface area (Å²) in [5.41, 5.74) is 6.77. The monoisotopic (exact) mass is 210 g/mol. The molecule has 2 heteroatoms. The average Bonchev–Trinajstić information content (AvgIpc) is 2.90. The van der Waals surface area contributed by atoms with Crippen LogP contribution in [-0.2, 0) is 0 Å². The van der Waals surface area contributed by atoms with E-state index in [4.69, 9.17) is 5.73 Å². The molecule has 1 unspecified atom stereocenters. The first-order valence-corrected chi connectivity index (χ1v) is 6.43. The van der Waals surface area contributed by atoms with Crippen molar-refractivity contribution in [2.24, 2.45) is 17.1 Å². The molecule has 0 heterocycles. The van der Waals surface area contributed by atoms with Crippen molar-refractivity contribution in [3.05, 3.63) is 0 Å². The molecule has 0 spiro atoms. The van der Waals surface area contributed by atoms with Gasteiger partial charge in [0.2, 0.25) is 0 Å². The molecule has 0 radical (unpaired) electrons. The minimum Gasteiger partial charge on any atom is -0.329 e. The Labute approximate surface area is 94.2 Å². The Morgan fingerprint density at radius 3 is 2.33 bits per heavy atom. The number of nitrogens with zero attached hydrogens (tertiary/aromatic N) is 1. The molecule has 2 aliphatic carbocycles. The van der Waals surface area contributed by atoms with E-state index in [0.29, 0.717) is 5.41 Å². The van der Waals surface area contributed by atoms with Gasteiger partial charge in [0.15, 0.2) is 0 Å². The Bertz CT molecular complexity index is 233. The lowest BCUT2D eigenvalue weighted by molar-refractivity contribution is 0.0303. The van der Waals surface area contributed by atoms with Crippen LogP contribution >= 0.6 is 0 Å². The van der Waals surface area contributed by atoms with Gasteiger partial charge in [0.25, 0.3) is 0 Å². The van der Waals surface area contributed by atoms with E-state index < -0.39 is 0 Å². The topological polar surface area (TPSA) is 29.3 Å². The highest BCUT2D eigenvalue weighted by Gasteiger charge is 2.50. The Morgan fingerprint density at radius 1 is 1.27 bits per heavy atom. The van der Waals surface area contributed by atoms with Crippen LogP contribution in [0, 0.1) is 11.3 Å². The van der Waals surface area contributed by atoms with Crippen molar-refractivity contribution in [1.29, 1.82) is 0 Å². The molecule has 2 fully saturated rings. The number of rotatable bonds is 4. The number of likely N-dealkylation sites (N-methyl/N-ethyl adjacent to an activating group) is 1. The lowest BCUT2D eigenvalue weighted by Crippen LogP contribution is -2.58. The quantitative estimate of drug-likeness (QED) is 0.771. The summed E-state index contributed by atoms with van der Waals surface area (Å²) in [5.74, 6) is 0.967. The summed E-state index contributed by atoms with van der Waals surface area (Å²) < 4.78 is 0. The van der Waals surface area contributed by atoms with Gasteiger partial charge in [0.05, 0.1) is 0 Å². The van der Waals surface area contributed by atoms with Crippen molar-refractivity contribution in [3.8, 4) is 0 Å². The zero-order valence-electron chi connectivity index (χ0n) is 10.6. The molecule has 0 aromatic rings. The predicted octanol–water partition coefficient (Wildman–Crippen LogP) is 2.24. The zero-order chi connectivity index (χ0) is 11.1. The molecule has 0 amide bonds. The Morgan fingerprint density at radius 2 is 1.93 bits per heavy atom. The molecule has 0 aromatic carbocycles. The maximum Gasteiger partial charge on any atom is 0.0379 e. The summed E-state index contributed by atoms with van der Waals surface area (Å²) >= 11 is 0. The Kier molecular flexibility index (Phi) is 2.85. The van der Waals surface area contributed by atoms with Gasteiger partial charge >= 0.3 is 0 Å². The zero-order valence-corrected chi connectivity index (χ0v) is 10.6. The SMILES string of the molecule is CN(CC1CC1)C1(CN)CCCC1(C)C. The van der Waals surface area contributed by atoms with Crippen molar-refractivity contribution in [1.82, 2.24) is 4.90 Å². The molecule has 2 nitrogen and oxygen atoms in total. The molecule has 88 valence electrons. The Hall–Kier alpha value is -0.0800. The predicted molar refractivity (Wildman–Crippen MR) is 64.8 cm³/mol. The molecule has 2 aliphatic rings. The van der Waals surface area contributed by atoms with E-state index in [0.717, 1.165) is 12.5 Å². The molecular formula is C13H26N2. The highest BCUT2D eigenvalue weighted by atomic mass is 15.2. The fourth-order valence-corrected chi connectivity index (χ4v) is 3.50. The molecule has 1 atom stereocenters. The first-order valence-electron chi connectivity index (χ1n) is 6.43. The molecular weight excluding hydrogens is 184 g/mol. The average molecular weight is 210 g/mol. The second-order valence-corrected chi connectivity index (χ2v) is 6.30. The molecule has 0 bridgehead atoms. The van der Waals surface area contributed by atoms with Crippen molar-refractivity contribution in [3.63, 3.8) is 0 Å². The summed E-state index contributed by atoms with van der Waals surface area (Å²) in [7, 11) is 2.29. The fraction of sp³-hybridized carbons (Fsp3) is 1.00. The van der Waals surface area contributed by atoms with Crippen LogP contribution in [0.1, 0.15) is 46.0 Å². The molecule has 0 saturated heterocycles. The summed E-state index contributed by atoms with van der Waals surface area (Å²) in [4.78, 5) is 2.58. The summed E-state index contributed by atoms with van der Waals surface area (Å²) in [6, 6.07) is 0. The van der Waals surface area contributed by atoms with Crippen molar-refractivity contribution in [2.45, 2.75) is 51.5 Å². The highest BCUT2D eigenvalue weighted by Crippen LogP contribution is 2.49. The van der Waals surface area contributed by atoms with Gasteiger partial charge in [0, 0.05) is 18.6 Å². The maximum atomic E-state index is 6.10. The smallest absolute Gasteiger partial charge is 0.0379 e. The van der Waals surface area contributed by atoms with E-state index in [1.165, 1.54) is 38.6 Å². The molecule has 0 aromatic heterocycles. The van der Waals surface area contributed by atoms with Gasteiger partial charge < -0.3 is 5.73 Å². The van der Waals surface area contributed by atoms with Gasteiger partial charge in [-0.15, -0.1) is 0 Å². The van der Waals surface area contributed by atoms with E-state index in [9.17, 15) is 0 Å². The molecule has 15 heavy (non-hydrogen) atoms. The van der Waals surface area contributed by atoms with Crippen LogP contribution in [0.4, 0.5) is 0 Å². The summed E-state index contributed by atoms with van der Waals surface area (Å²) in [5, 5.41) is 0. The van der Waals surface area contributed by atoms with Crippen molar-refractivity contribution < 1.29 is 0 Å². The van der Waals surface area contributed by atoms with Crippen LogP contribution in [0.5, 0.6) is 0 Å². The van der Waals surface area contributed by atoms with Crippen molar-refractivity contribution >= 4 is 0 Å². The van der Waals surface area contributed by atoms with Gasteiger partial charge in [-0.05, 0) is 44.1 Å². The lowest BCUT2D eigenvalue weighted by atomic mass is 9.73. The Balaban J connectivity index is 2.11. The highest BCUT2D eigenvalue weighted by molar-refractivity contribution is 5.06. The molecule has 2 rings (SSSR count). The third kappa shape index (κ3) is 1.83. The van der Waals surface area contributed by atoms with Gasteiger partial charge in [-0.2, -0.15) is 0 Å². The van der Waals surface area contributed by atoms with E-state index in [-0.39, 0.29) is 5.54 Å². The molecule has 2 N–H and O–H groups in total. The van der Waals surface area contributed by atoms with Crippen LogP contribution in [0.3, 0.4) is 0 Å². The minimum absolute atomic E-state index is 0.273. The first kappa shape index (κ1) is 11.4. The van der Waals surface area contributed by atoms with Gasteiger partial charge in [-0.25, -0.2) is 0 Å². The molecule has 2 saturated carbocycles. The second-order valence-electron chi connectivity index (χ2n) is 6.30. The van der Waals surface area contributed by atoms with Crippen LogP contribution < -0.4 is 5.73 Å².